The zero-order valence-electron chi connectivity index (χ0n) is 15.1. The summed E-state index contributed by atoms with van der Waals surface area (Å²) in [5, 5.41) is 8.25. The van der Waals surface area contributed by atoms with Gasteiger partial charge in [0.05, 0.1) is 12.2 Å². The maximum absolute atomic E-state index is 6.23. The van der Waals surface area contributed by atoms with Crippen LogP contribution in [0.15, 0.2) is 60.7 Å². The normalized spacial score (nSPS) is 16.9. The molecule has 4 N–H and O–H groups in total. The van der Waals surface area contributed by atoms with Gasteiger partial charge in [-0.2, -0.15) is 0 Å². The van der Waals surface area contributed by atoms with E-state index in [1.165, 1.54) is 5.69 Å². The van der Waals surface area contributed by atoms with Crippen molar-refractivity contribution in [3.8, 4) is 17.0 Å². The molecular weight excluding hydrogens is 338 g/mol. The first-order valence-electron chi connectivity index (χ1n) is 9.15. The Balaban J connectivity index is 1.54. The summed E-state index contributed by atoms with van der Waals surface area (Å²) in [7, 11) is 0. The number of piperidine rings is 1. The summed E-state index contributed by atoms with van der Waals surface area (Å²) >= 11 is 0. The van der Waals surface area contributed by atoms with Crippen LogP contribution in [0.1, 0.15) is 12.8 Å². The summed E-state index contributed by atoms with van der Waals surface area (Å²) in [6.07, 6.45) is 2.09. The Hall–Kier alpha value is -3.28. The second-order valence-electron chi connectivity index (χ2n) is 6.73. The van der Waals surface area contributed by atoms with Gasteiger partial charge < -0.3 is 21.1 Å². The minimum atomic E-state index is 0.0476. The standard InChI is InChI=1S/C21H23N5O/c22-18-11-5-4-10-17(18)19-13-20(21(23)25-24-19)27-16-9-6-12-26(14-16)15-7-2-1-3-8-15/h1-5,7-8,10-11,13,16H,6,9,12,14,22H2,(H2,23,25). The molecule has 6 nitrogen and oxygen atoms in total. The van der Waals surface area contributed by atoms with Gasteiger partial charge in [-0.1, -0.05) is 36.4 Å². The number of nitrogens with zero attached hydrogens (tertiary/aromatic N) is 3. The average Bonchev–Trinajstić information content (AvgIpc) is 2.71. The topological polar surface area (TPSA) is 90.3 Å². The lowest BCUT2D eigenvalue weighted by molar-refractivity contribution is 0.180. The lowest BCUT2D eigenvalue weighted by Crippen LogP contribution is -2.41. The third kappa shape index (κ3) is 3.79. The van der Waals surface area contributed by atoms with E-state index in [1.54, 1.807) is 0 Å². The van der Waals surface area contributed by atoms with Crippen LogP contribution >= 0.6 is 0 Å². The van der Waals surface area contributed by atoms with Gasteiger partial charge in [-0.3, -0.25) is 0 Å². The number of ether oxygens (including phenoxy) is 1. The summed E-state index contributed by atoms with van der Waals surface area (Å²) in [5.74, 6) is 0.855. The van der Waals surface area contributed by atoms with Crippen LogP contribution in [0.25, 0.3) is 11.3 Å². The number of nitrogens with two attached hydrogens (primary N) is 2. The number of aromatic nitrogens is 2. The summed E-state index contributed by atoms with van der Waals surface area (Å²) in [6, 6.07) is 19.8. The third-order valence-corrected chi connectivity index (χ3v) is 4.82. The molecule has 4 rings (SSSR count). The van der Waals surface area contributed by atoms with Crippen molar-refractivity contribution in [1.82, 2.24) is 10.2 Å². The molecule has 2 heterocycles. The molecule has 0 amide bonds. The predicted molar refractivity (Wildman–Crippen MR) is 109 cm³/mol. The van der Waals surface area contributed by atoms with Crippen molar-refractivity contribution in [3.05, 3.63) is 60.7 Å². The average molecular weight is 361 g/mol. The Morgan fingerprint density at radius 3 is 2.56 bits per heavy atom. The Morgan fingerprint density at radius 2 is 1.74 bits per heavy atom. The van der Waals surface area contributed by atoms with Crippen molar-refractivity contribution >= 4 is 17.2 Å². The minimum absolute atomic E-state index is 0.0476. The van der Waals surface area contributed by atoms with E-state index in [4.69, 9.17) is 16.2 Å². The quantitative estimate of drug-likeness (QED) is 0.693. The molecule has 6 heteroatoms. The smallest absolute Gasteiger partial charge is 0.188 e. The molecule has 1 aromatic heterocycles. The van der Waals surface area contributed by atoms with E-state index in [0.717, 1.165) is 31.5 Å². The summed E-state index contributed by atoms with van der Waals surface area (Å²) in [4.78, 5) is 2.34. The van der Waals surface area contributed by atoms with E-state index in [0.29, 0.717) is 22.9 Å². The van der Waals surface area contributed by atoms with Crippen LogP contribution in [-0.4, -0.2) is 29.4 Å². The first-order chi connectivity index (χ1) is 13.2. The van der Waals surface area contributed by atoms with E-state index in [9.17, 15) is 0 Å². The van der Waals surface area contributed by atoms with Gasteiger partial charge in [0.15, 0.2) is 11.6 Å². The summed E-state index contributed by atoms with van der Waals surface area (Å²) in [5.41, 5.74) is 15.4. The van der Waals surface area contributed by atoms with Crippen molar-refractivity contribution in [2.24, 2.45) is 0 Å². The molecule has 1 saturated heterocycles. The molecule has 1 atom stereocenters. The number of nitrogen functional groups attached to an aromatic ring is 2. The monoisotopic (exact) mass is 361 g/mol. The highest BCUT2D eigenvalue weighted by Crippen LogP contribution is 2.30. The fraction of sp³-hybridized carbons (Fsp3) is 0.238. The number of para-hydroxylation sites is 2. The van der Waals surface area contributed by atoms with Crippen LogP contribution < -0.4 is 21.1 Å². The molecular formula is C21H23N5O. The van der Waals surface area contributed by atoms with Gasteiger partial charge in [0.2, 0.25) is 0 Å². The van der Waals surface area contributed by atoms with Crippen molar-refractivity contribution in [3.63, 3.8) is 0 Å². The van der Waals surface area contributed by atoms with Gasteiger partial charge in [0.25, 0.3) is 0 Å². The summed E-state index contributed by atoms with van der Waals surface area (Å²) in [6.45, 7) is 1.84. The molecule has 0 aliphatic carbocycles. The van der Waals surface area contributed by atoms with Crippen LogP contribution in [-0.2, 0) is 0 Å². The number of benzene rings is 2. The molecule has 27 heavy (non-hydrogen) atoms. The highest BCUT2D eigenvalue weighted by Gasteiger charge is 2.23. The Bertz CT molecular complexity index is 915. The Morgan fingerprint density at radius 1 is 0.963 bits per heavy atom. The van der Waals surface area contributed by atoms with E-state index in [2.05, 4.69) is 39.4 Å². The zero-order valence-corrected chi connectivity index (χ0v) is 15.1. The van der Waals surface area contributed by atoms with E-state index >= 15 is 0 Å². The van der Waals surface area contributed by atoms with E-state index in [-0.39, 0.29) is 6.10 Å². The van der Waals surface area contributed by atoms with Gasteiger partial charge in [-0.25, -0.2) is 0 Å². The Labute approximate surface area is 158 Å². The van der Waals surface area contributed by atoms with Gasteiger partial charge in [-0.05, 0) is 31.0 Å². The molecule has 1 aliphatic heterocycles. The highest BCUT2D eigenvalue weighted by atomic mass is 16.5. The van der Waals surface area contributed by atoms with Gasteiger partial charge in [-0.15, -0.1) is 10.2 Å². The van der Waals surface area contributed by atoms with Crippen LogP contribution in [0.4, 0.5) is 17.2 Å². The summed E-state index contributed by atoms with van der Waals surface area (Å²) < 4.78 is 6.23. The van der Waals surface area contributed by atoms with Crippen LogP contribution in [0.3, 0.4) is 0 Å². The Kier molecular flexibility index (Phi) is 4.78. The van der Waals surface area contributed by atoms with Crippen molar-refractivity contribution in [2.75, 3.05) is 29.5 Å². The van der Waals surface area contributed by atoms with Crippen molar-refractivity contribution in [2.45, 2.75) is 18.9 Å². The van der Waals surface area contributed by atoms with Gasteiger partial charge in [0.1, 0.15) is 6.10 Å². The maximum Gasteiger partial charge on any atom is 0.188 e. The second kappa shape index (κ2) is 7.53. The van der Waals surface area contributed by atoms with E-state index < -0.39 is 0 Å². The van der Waals surface area contributed by atoms with Gasteiger partial charge in [0, 0.05) is 29.5 Å². The van der Waals surface area contributed by atoms with Crippen LogP contribution in [0.2, 0.25) is 0 Å². The SMILES string of the molecule is Nc1ccccc1-c1cc(OC2CCCN(c3ccccc3)C2)c(N)nn1. The predicted octanol–water partition coefficient (Wildman–Crippen LogP) is 3.36. The first kappa shape index (κ1) is 17.1. The highest BCUT2D eigenvalue weighted by molar-refractivity contribution is 5.74. The molecule has 1 aliphatic rings. The molecule has 0 saturated carbocycles. The largest absolute Gasteiger partial charge is 0.485 e. The number of rotatable bonds is 4. The number of hydrogen-bond acceptors (Lipinski definition) is 6. The molecule has 2 aromatic carbocycles. The first-order valence-corrected chi connectivity index (χ1v) is 9.15. The minimum Gasteiger partial charge on any atom is -0.485 e. The molecule has 1 unspecified atom stereocenters. The van der Waals surface area contributed by atoms with Gasteiger partial charge >= 0.3 is 0 Å². The molecule has 0 bridgehead atoms. The fourth-order valence-electron chi connectivity index (χ4n) is 3.43. The molecule has 0 spiro atoms. The second-order valence-corrected chi connectivity index (χ2v) is 6.73. The zero-order chi connectivity index (χ0) is 18.6. The third-order valence-electron chi connectivity index (χ3n) is 4.82. The molecule has 0 radical (unpaired) electrons. The fourth-order valence-corrected chi connectivity index (χ4v) is 3.43. The van der Waals surface area contributed by atoms with Crippen LogP contribution in [0.5, 0.6) is 5.75 Å². The number of anilines is 3. The van der Waals surface area contributed by atoms with E-state index in [1.807, 2.05) is 36.4 Å². The lowest BCUT2D eigenvalue weighted by Gasteiger charge is -2.34. The number of hydrogen-bond donors (Lipinski definition) is 2. The maximum atomic E-state index is 6.23. The molecule has 3 aromatic rings. The van der Waals surface area contributed by atoms with Crippen LogP contribution in [0, 0.1) is 0 Å². The molecule has 138 valence electrons. The lowest BCUT2D eigenvalue weighted by atomic mass is 10.1. The van der Waals surface area contributed by atoms with Crippen molar-refractivity contribution in [1.29, 1.82) is 0 Å². The molecule has 1 fully saturated rings. The van der Waals surface area contributed by atoms with Crippen molar-refractivity contribution < 1.29 is 4.74 Å².